The molecule has 0 bridgehead atoms. The predicted octanol–water partition coefficient (Wildman–Crippen LogP) is 4.59. The molecule has 4 heteroatoms. The van der Waals surface area contributed by atoms with Crippen molar-refractivity contribution >= 4 is 5.97 Å². The summed E-state index contributed by atoms with van der Waals surface area (Å²) in [6, 6.07) is -0.572. The van der Waals surface area contributed by atoms with Gasteiger partial charge in [0.2, 0.25) is 0 Å². The lowest BCUT2D eigenvalue weighted by molar-refractivity contribution is -0.144. The van der Waals surface area contributed by atoms with Crippen LogP contribution in [-0.2, 0) is 9.53 Å². The Morgan fingerprint density at radius 3 is 1.62 bits per heavy atom. The highest BCUT2D eigenvalue weighted by atomic mass is 16.5. The minimum atomic E-state index is -0.572. The third-order valence-electron chi connectivity index (χ3n) is 4.59. The molecule has 144 valence electrons. The van der Waals surface area contributed by atoms with E-state index in [0.717, 1.165) is 13.0 Å². The molecule has 0 aromatic rings. The fraction of sp³-hybridized carbons (Fsp3) is 0.950. The van der Waals surface area contributed by atoms with Gasteiger partial charge < -0.3 is 15.2 Å². The monoisotopic (exact) mass is 343 g/mol. The molecule has 0 saturated heterocycles. The highest BCUT2D eigenvalue weighted by molar-refractivity contribution is 5.75. The van der Waals surface area contributed by atoms with Crippen LogP contribution in [0.25, 0.3) is 0 Å². The Balaban J connectivity index is 3.19. The molecule has 0 aliphatic rings. The van der Waals surface area contributed by atoms with Crippen molar-refractivity contribution in [2.24, 2.45) is 0 Å². The topological polar surface area (TPSA) is 58.6 Å². The maximum atomic E-state index is 11.3. The van der Waals surface area contributed by atoms with Gasteiger partial charge in [0.25, 0.3) is 0 Å². The Bertz CT molecular complexity index is 272. The van der Waals surface area contributed by atoms with Gasteiger partial charge in [-0.05, 0) is 13.0 Å². The van der Waals surface area contributed by atoms with Crippen LogP contribution < -0.4 is 5.32 Å². The smallest absolute Gasteiger partial charge is 0.325 e. The molecule has 0 fully saturated rings. The van der Waals surface area contributed by atoms with E-state index in [1.54, 1.807) is 0 Å². The second-order valence-electron chi connectivity index (χ2n) is 6.81. The molecule has 0 amide bonds. The van der Waals surface area contributed by atoms with Gasteiger partial charge in [0, 0.05) is 0 Å². The zero-order valence-electron chi connectivity index (χ0n) is 16.2. The molecule has 0 radical (unpaired) electrons. The number of aliphatic hydroxyl groups excluding tert-OH is 1. The summed E-state index contributed by atoms with van der Waals surface area (Å²) in [7, 11) is 1.35. The van der Waals surface area contributed by atoms with Gasteiger partial charge in [0.15, 0.2) is 0 Å². The molecule has 0 aliphatic heterocycles. The SMILES string of the molecule is CCCCCCCCCCCCCCCCN[C@H](CO)C(=O)OC. The molecule has 0 unspecified atom stereocenters. The van der Waals surface area contributed by atoms with Gasteiger partial charge in [-0.3, -0.25) is 4.79 Å². The third kappa shape index (κ3) is 14.9. The second-order valence-corrected chi connectivity index (χ2v) is 6.81. The first-order valence-corrected chi connectivity index (χ1v) is 10.2. The standard InChI is InChI=1S/C20H41NO3/c1-3-4-5-6-7-8-9-10-11-12-13-14-15-16-17-21-19(18-22)20(23)24-2/h19,21-22H,3-18H2,1-2H3/t19-/m1/s1. The maximum absolute atomic E-state index is 11.3. The molecule has 0 aromatic heterocycles. The second kappa shape index (κ2) is 18.7. The average molecular weight is 344 g/mol. The quantitative estimate of drug-likeness (QED) is 0.282. The number of hydrogen-bond donors (Lipinski definition) is 2. The Morgan fingerprint density at radius 1 is 0.833 bits per heavy atom. The molecule has 0 aromatic carbocycles. The molecule has 2 N–H and O–H groups in total. The number of carbonyl (C=O) groups is 1. The number of hydrogen-bond acceptors (Lipinski definition) is 4. The Labute approximate surface area is 149 Å². The highest BCUT2D eigenvalue weighted by Gasteiger charge is 2.16. The van der Waals surface area contributed by atoms with Crippen molar-refractivity contribution in [3.8, 4) is 0 Å². The summed E-state index contributed by atoms with van der Waals surface area (Å²) in [4.78, 5) is 11.3. The maximum Gasteiger partial charge on any atom is 0.325 e. The van der Waals surface area contributed by atoms with Gasteiger partial charge in [-0.1, -0.05) is 90.4 Å². The van der Waals surface area contributed by atoms with Crippen LogP contribution >= 0.6 is 0 Å². The molecule has 0 spiro atoms. The van der Waals surface area contributed by atoms with Crippen molar-refractivity contribution in [3.05, 3.63) is 0 Å². The summed E-state index contributed by atoms with van der Waals surface area (Å²) in [5.41, 5.74) is 0. The van der Waals surface area contributed by atoms with E-state index in [2.05, 4.69) is 17.0 Å². The summed E-state index contributed by atoms with van der Waals surface area (Å²) in [5.74, 6) is -0.386. The van der Waals surface area contributed by atoms with Crippen LogP contribution in [0.3, 0.4) is 0 Å². The lowest BCUT2D eigenvalue weighted by Crippen LogP contribution is -2.41. The van der Waals surface area contributed by atoms with Gasteiger partial charge in [-0.25, -0.2) is 0 Å². The molecule has 0 heterocycles. The number of aliphatic hydroxyl groups is 1. The molecular weight excluding hydrogens is 302 g/mol. The summed E-state index contributed by atoms with van der Waals surface area (Å²) in [6.07, 6.45) is 18.8. The van der Waals surface area contributed by atoms with Crippen molar-refractivity contribution < 1.29 is 14.6 Å². The molecule has 0 aliphatic carbocycles. The number of ether oxygens (including phenoxy) is 1. The van der Waals surface area contributed by atoms with Crippen molar-refractivity contribution in [1.29, 1.82) is 0 Å². The summed E-state index contributed by atoms with van der Waals surface area (Å²) in [5, 5.41) is 12.1. The van der Waals surface area contributed by atoms with Crippen LogP contribution in [0.1, 0.15) is 96.8 Å². The number of methoxy groups -OCH3 is 1. The fourth-order valence-electron chi connectivity index (χ4n) is 2.96. The fourth-order valence-corrected chi connectivity index (χ4v) is 2.96. The first-order chi connectivity index (χ1) is 11.8. The van der Waals surface area contributed by atoms with Gasteiger partial charge in [-0.2, -0.15) is 0 Å². The number of nitrogens with one attached hydrogen (secondary N) is 1. The molecular formula is C20H41NO3. The minimum Gasteiger partial charge on any atom is -0.468 e. The molecule has 0 saturated carbocycles. The van der Waals surface area contributed by atoms with E-state index in [1.165, 1.54) is 90.6 Å². The van der Waals surface area contributed by atoms with Gasteiger partial charge in [0.05, 0.1) is 13.7 Å². The number of carbonyl (C=O) groups excluding carboxylic acids is 1. The predicted molar refractivity (Wildman–Crippen MR) is 101 cm³/mol. The van der Waals surface area contributed by atoms with Gasteiger partial charge >= 0.3 is 5.97 Å². The van der Waals surface area contributed by atoms with E-state index in [-0.39, 0.29) is 12.6 Å². The van der Waals surface area contributed by atoms with Crippen LogP contribution in [0.15, 0.2) is 0 Å². The average Bonchev–Trinajstić information content (AvgIpc) is 2.61. The first-order valence-electron chi connectivity index (χ1n) is 10.2. The third-order valence-corrected chi connectivity index (χ3v) is 4.59. The number of unbranched alkanes of at least 4 members (excludes halogenated alkanes) is 13. The summed E-state index contributed by atoms with van der Waals surface area (Å²) in [6.45, 7) is 2.83. The zero-order valence-corrected chi connectivity index (χ0v) is 16.2. The molecule has 1 atom stereocenters. The molecule has 24 heavy (non-hydrogen) atoms. The normalized spacial score (nSPS) is 12.3. The van der Waals surface area contributed by atoms with Crippen LogP contribution in [-0.4, -0.2) is 37.4 Å². The number of rotatable bonds is 18. The van der Waals surface area contributed by atoms with Crippen molar-refractivity contribution in [3.63, 3.8) is 0 Å². The van der Waals surface area contributed by atoms with E-state index in [9.17, 15) is 4.79 Å². The lowest BCUT2D eigenvalue weighted by atomic mass is 10.0. The Kier molecular flexibility index (Phi) is 18.2. The van der Waals surface area contributed by atoms with E-state index < -0.39 is 6.04 Å². The lowest BCUT2D eigenvalue weighted by Gasteiger charge is -2.13. The Hall–Kier alpha value is -0.610. The van der Waals surface area contributed by atoms with Crippen molar-refractivity contribution in [2.75, 3.05) is 20.3 Å². The van der Waals surface area contributed by atoms with Gasteiger partial charge in [-0.15, -0.1) is 0 Å². The Morgan fingerprint density at radius 2 is 1.25 bits per heavy atom. The first kappa shape index (κ1) is 23.4. The largest absolute Gasteiger partial charge is 0.468 e. The number of esters is 1. The van der Waals surface area contributed by atoms with E-state index >= 15 is 0 Å². The van der Waals surface area contributed by atoms with Crippen molar-refractivity contribution in [2.45, 2.75) is 103 Å². The van der Waals surface area contributed by atoms with E-state index in [0.29, 0.717) is 0 Å². The highest BCUT2D eigenvalue weighted by Crippen LogP contribution is 2.12. The van der Waals surface area contributed by atoms with Crippen LogP contribution in [0.4, 0.5) is 0 Å². The van der Waals surface area contributed by atoms with Crippen molar-refractivity contribution in [1.82, 2.24) is 5.32 Å². The molecule has 4 nitrogen and oxygen atoms in total. The molecule has 0 rings (SSSR count). The summed E-state index contributed by atoms with van der Waals surface area (Å²) >= 11 is 0. The summed E-state index contributed by atoms with van der Waals surface area (Å²) < 4.78 is 4.62. The van der Waals surface area contributed by atoms with E-state index in [1.807, 2.05) is 0 Å². The van der Waals surface area contributed by atoms with Gasteiger partial charge in [0.1, 0.15) is 6.04 Å². The van der Waals surface area contributed by atoms with Crippen LogP contribution in [0.2, 0.25) is 0 Å². The van der Waals surface area contributed by atoms with Crippen LogP contribution in [0, 0.1) is 0 Å². The minimum absolute atomic E-state index is 0.203. The van der Waals surface area contributed by atoms with E-state index in [4.69, 9.17) is 5.11 Å². The van der Waals surface area contributed by atoms with Crippen LogP contribution in [0.5, 0.6) is 0 Å². The zero-order chi connectivity index (χ0) is 17.9.